The number of rotatable bonds is 6. The summed E-state index contributed by atoms with van der Waals surface area (Å²) in [6.07, 6.45) is 10.0. The zero-order valence-corrected chi connectivity index (χ0v) is 16.6. The Kier molecular flexibility index (Phi) is 6.21. The lowest BCUT2D eigenvalue weighted by Crippen LogP contribution is -2.04. The van der Waals surface area contributed by atoms with Gasteiger partial charge < -0.3 is 4.74 Å². The Labute approximate surface area is 172 Å². The predicted molar refractivity (Wildman–Crippen MR) is 119 cm³/mol. The molecule has 1 saturated carbocycles. The van der Waals surface area contributed by atoms with Gasteiger partial charge in [0.05, 0.1) is 0 Å². The molecule has 3 aromatic carbocycles. The van der Waals surface area contributed by atoms with Crippen LogP contribution in [-0.4, -0.2) is 5.78 Å². The summed E-state index contributed by atoms with van der Waals surface area (Å²) in [5.41, 5.74) is 3.08. The number of hydrogen-bond acceptors (Lipinski definition) is 2. The van der Waals surface area contributed by atoms with Crippen molar-refractivity contribution in [3.8, 4) is 11.5 Å². The van der Waals surface area contributed by atoms with Crippen molar-refractivity contribution in [3.05, 3.63) is 102 Å². The lowest BCUT2D eigenvalue weighted by atomic mass is 9.84. The van der Waals surface area contributed by atoms with E-state index in [4.69, 9.17) is 4.74 Å². The third-order valence-electron chi connectivity index (χ3n) is 5.56. The number of carbonyl (C=O) groups is 1. The zero-order valence-electron chi connectivity index (χ0n) is 16.6. The molecule has 0 amide bonds. The van der Waals surface area contributed by atoms with Crippen LogP contribution in [0.3, 0.4) is 0 Å². The van der Waals surface area contributed by atoms with Gasteiger partial charge in [-0.1, -0.05) is 79.9 Å². The van der Waals surface area contributed by atoms with E-state index in [-0.39, 0.29) is 5.78 Å². The summed E-state index contributed by atoms with van der Waals surface area (Å²) in [5.74, 6) is 2.28. The molecular weight excluding hydrogens is 356 g/mol. The summed E-state index contributed by atoms with van der Waals surface area (Å²) in [4.78, 5) is 12.5. The van der Waals surface area contributed by atoms with Gasteiger partial charge in [0.2, 0.25) is 0 Å². The van der Waals surface area contributed by atoms with Gasteiger partial charge in [-0.05, 0) is 60.2 Å². The Morgan fingerprint density at radius 2 is 1.41 bits per heavy atom. The smallest absolute Gasteiger partial charge is 0.185 e. The monoisotopic (exact) mass is 382 g/mol. The van der Waals surface area contributed by atoms with E-state index in [0.29, 0.717) is 5.92 Å². The van der Waals surface area contributed by atoms with Crippen LogP contribution < -0.4 is 4.74 Å². The van der Waals surface area contributed by atoms with Gasteiger partial charge >= 0.3 is 0 Å². The van der Waals surface area contributed by atoms with Crippen LogP contribution in [0.25, 0.3) is 6.08 Å². The lowest BCUT2D eigenvalue weighted by molar-refractivity contribution is 0.104. The van der Waals surface area contributed by atoms with Gasteiger partial charge in [-0.25, -0.2) is 0 Å². The fraction of sp³-hybridized carbons (Fsp3) is 0.222. The van der Waals surface area contributed by atoms with Crippen molar-refractivity contribution < 1.29 is 9.53 Å². The van der Waals surface area contributed by atoms with Crippen molar-refractivity contribution in [3.63, 3.8) is 0 Å². The Morgan fingerprint density at radius 1 is 0.759 bits per heavy atom. The fourth-order valence-electron chi connectivity index (χ4n) is 3.90. The number of ketones is 1. The van der Waals surface area contributed by atoms with E-state index in [1.165, 1.54) is 37.7 Å². The second-order valence-electron chi connectivity index (χ2n) is 7.64. The van der Waals surface area contributed by atoms with Crippen molar-refractivity contribution >= 4 is 11.9 Å². The average Bonchev–Trinajstić information content (AvgIpc) is 2.80. The van der Waals surface area contributed by atoms with Crippen LogP contribution in [0.4, 0.5) is 0 Å². The first-order valence-corrected chi connectivity index (χ1v) is 10.4. The maximum Gasteiger partial charge on any atom is 0.185 e. The van der Waals surface area contributed by atoms with E-state index in [1.807, 2.05) is 72.8 Å². The highest BCUT2D eigenvalue weighted by Gasteiger charge is 2.15. The molecule has 0 bridgehead atoms. The van der Waals surface area contributed by atoms with Gasteiger partial charge in [0.25, 0.3) is 0 Å². The molecule has 1 aliphatic rings. The van der Waals surface area contributed by atoms with Crippen LogP contribution in [0.2, 0.25) is 0 Å². The third-order valence-corrected chi connectivity index (χ3v) is 5.56. The van der Waals surface area contributed by atoms with Crippen LogP contribution in [0.5, 0.6) is 11.5 Å². The number of ether oxygens (including phenoxy) is 1. The van der Waals surface area contributed by atoms with Crippen molar-refractivity contribution in [1.29, 1.82) is 0 Å². The summed E-state index contributed by atoms with van der Waals surface area (Å²) in [6.45, 7) is 0. The Morgan fingerprint density at radius 3 is 2.10 bits per heavy atom. The van der Waals surface area contributed by atoms with E-state index < -0.39 is 0 Å². The Balaban J connectivity index is 1.36. The molecule has 0 N–H and O–H groups in total. The summed E-state index contributed by atoms with van der Waals surface area (Å²) in [5, 5.41) is 0. The van der Waals surface area contributed by atoms with Crippen molar-refractivity contribution in [1.82, 2.24) is 0 Å². The summed E-state index contributed by atoms with van der Waals surface area (Å²) < 4.78 is 5.80. The molecule has 0 spiro atoms. The largest absolute Gasteiger partial charge is 0.457 e. The first kappa shape index (κ1) is 19.2. The highest BCUT2D eigenvalue weighted by molar-refractivity contribution is 6.06. The molecule has 0 atom stereocenters. The first-order chi connectivity index (χ1) is 14.3. The quantitative estimate of drug-likeness (QED) is 0.327. The highest BCUT2D eigenvalue weighted by Crippen LogP contribution is 2.32. The standard InChI is InChI=1S/C27H26O2/c28-27(24-16-14-23(15-17-24)22-7-3-1-4-8-22)20-13-21-11-18-26(19-12-21)29-25-9-5-2-6-10-25/h2,5-6,9-20,22H,1,3-4,7-8H2. The van der Waals surface area contributed by atoms with Gasteiger partial charge in [0, 0.05) is 5.56 Å². The molecular formula is C27H26O2. The van der Waals surface area contributed by atoms with Gasteiger partial charge in [0.1, 0.15) is 11.5 Å². The van der Waals surface area contributed by atoms with E-state index in [1.54, 1.807) is 6.08 Å². The number of benzene rings is 3. The zero-order chi connectivity index (χ0) is 19.9. The van der Waals surface area contributed by atoms with Crippen LogP contribution >= 0.6 is 0 Å². The molecule has 0 aliphatic heterocycles. The minimum Gasteiger partial charge on any atom is -0.457 e. The fourth-order valence-corrected chi connectivity index (χ4v) is 3.90. The van der Waals surface area contributed by atoms with E-state index >= 15 is 0 Å². The van der Waals surface area contributed by atoms with Gasteiger partial charge in [-0.2, -0.15) is 0 Å². The maximum absolute atomic E-state index is 12.5. The summed E-state index contributed by atoms with van der Waals surface area (Å²) in [7, 11) is 0. The molecule has 0 unspecified atom stereocenters. The highest BCUT2D eigenvalue weighted by atomic mass is 16.5. The average molecular weight is 383 g/mol. The summed E-state index contributed by atoms with van der Waals surface area (Å²) in [6, 6.07) is 25.6. The van der Waals surface area contributed by atoms with Crippen LogP contribution in [0.15, 0.2) is 84.9 Å². The second kappa shape index (κ2) is 9.38. The summed E-state index contributed by atoms with van der Waals surface area (Å²) >= 11 is 0. The SMILES string of the molecule is O=C(C=Cc1ccc(Oc2ccccc2)cc1)c1ccc(C2CCCCC2)cc1. The second-order valence-corrected chi connectivity index (χ2v) is 7.64. The van der Waals surface area contributed by atoms with E-state index in [9.17, 15) is 4.79 Å². The lowest BCUT2D eigenvalue weighted by Gasteiger charge is -2.21. The third kappa shape index (κ3) is 5.23. The first-order valence-electron chi connectivity index (χ1n) is 10.4. The van der Waals surface area contributed by atoms with Crippen LogP contribution in [-0.2, 0) is 0 Å². The molecule has 0 radical (unpaired) electrons. The topological polar surface area (TPSA) is 26.3 Å². The van der Waals surface area contributed by atoms with Crippen LogP contribution in [0.1, 0.15) is 59.5 Å². The molecule has 3 aromatic rings. The van der Waals surface area contributed by atoms with E-state index in [0.717, 1.165) is 22.6 Å². The van der Waals surface area contributed by atoms with Crippen molar-refractivity contribution in [2.75, 3.05) is 0 Å². The molecule has 0 saturated heterocycles. The predicted octanol–water partition coefficient (Wildman–Crippen LogP) is 7.42. The number of carbonyl (C=O) groups excluding carboxylic acids is 1. The number of allylic oxidation sites excluding steroid dienone is 1. The molecule has 29 heavy (non-hydrogen) atoms. The number of hydrogen-bond donors (Lipinski definition) is 0. The molecule has 1 aliphatic carbocycles. The minimum atomic E-state index is 0.0322. The Hall–Kier alpha value is -3.13. The van der Waals surface area contributed by atoms with Crippen molar-refractivity contribution in [2.24, 2.45) is 0 Å². The maximum atomic E-state index is 12.5. The van der Waals surface area contributed by atoms with E-state index in [2.05, 4.69) is 12.1 Å². The molecule has 146 valence electrons. The normalized spacial score (nSPS) is 14.8. The molecule has 0 heterocycles. The molecule has 2 nitrogen and oxygen atoms in total. The molecule has 4 rings (SSSR count). The molecule has 0 aromatic heterocycles. The minimum absolute atomic E-state index is 0.0322. The molecule has 1 fully saturated rings. The Bertz CT molecular complexity index is 948. The molecule has 2 heteroatoms. The van der Waals surface area contributed by atoms with Gasteiger partial charge in [0.15, 0.2) is 5.78 Å². The van der Waals surface area contributed by atoms with Gasteiger partial charge in [-0.3, -0.25) is 4.79 Å². The van der Waals surface area contributed by atoms with Gasteiger partial charge in [-0.15, -0.1) is 0 Å². The van der Waals surface area contributed by atoms with Crippen molar-refractivity contribution in [2.45, 2.75) is 38.0 Å². The number of para-hydroxylation sites is 1. The van der Waals surface area contributed by atoms with Crippen LogP contribution in [0, 0.1) is 0 Å².